The summed E-state index contributed by atoms with van der Waals surface area (Å²) >= 11 is 0. The predicted molar refractivity (Wildman–Crippen MR) is 195 cm³/mol. The van der Waals surface area contributed by atoms with Gasteiger partial charge in [0.25, 0.3) is 10.1 Å². The average molecular weight is 685 g/mol. The first-order valence-corrected chi connectivity index (χ1v) is 19.1. The number of rotatable bonds is 6. The molecule has 0 radical (unpaired) electrons. The van der Waals surface area contributed by atoms with Crippen LogP contribution in [-0.4, -0.2) is 21.4 Å². The van der Waals surface area contributed by atoms with Gasteiger partial charge in [-0.05, 0) is 92.9 Å². The Morgan fingerprint density at radius 3 is 1.73 bits per heavy atom. The Morgan fingerprint density at radius 1 is 0.510 bits per heavy atom. The summed E-state index contributed by atoms with van der Waals surface area (Å²) in [5.41, 5.74) is 3.43. The van der Waals surface area contributed by atoms with Crippen molar-refractivity contribution in [3.8, 4) is 28.0 Å². The van der Waals surface area contributed by atoms with Crippen molar-refractivity contribution in [1.29, 1.82) is 0 Å². The van der Waals surface area contributed by atoms with Gasteiger partial charge in [0.15, 0.2) is 0 Å². The van der Waals surface area contributed by atoms with Crippen molar-refractivity contribution in [3.05, 3.63) is 139 Å². The van der Waals surface area contributed by atoms with E-state index in [1.165, 1.54) is 12.1 Å². The molecule has 0 saturated heterocycles. The first-order valence-electron chi connectivity index (χ1n) is 16.3. The number of benzene rings is 7. The quantitative estimate of drug-likeness (QED) is 0.106. The summed E-state index contributed by atoms with van der Waals surface area (Å²) in [5, 5.41) is 5.36. The van der Waals surface area contributed by atoms with Crippen molar-refractivity contribution >= 4 is 52.6 Å². The fourth-order valence-electron chi connectivity index (χ4n) is 7.42. The van der Waals surface area contributed by atoms with Gasteiger partial charge in [-0.1, -0.05) is 116 Å². The van der Waals surface area contributed by atoms with Crippen LogP contribution in [0.4, 0.5) is 0 Å². The Kier molecular flexibility index (Phi) is 7.75. The largest absolute Gasteiger partial charge is 0.379 e. The van der Waals surface area contributed by atoms with Crippen LogP contribution in [0.5, 0.6) is 5.75 Å². The fraction of sp³-hybridized carbons (Fsp3) is 0.122. The molecule has 0 aliphatic heterocycles. The Bertz CT molecular complexity index is 2650. The molecule has 8 rings (SSSR count). The molecule has 0 unspecified atom stereocenters. The highest BCUT2D eigenvalue weighted by atomic mass is 32.2. The molecule has 1 aliphatic carbocycles. The van der Waals surface area contributed by atoms with Crippen molar-refractivity contribution in [2.75, 3.05) is 0 Å². The molecular weight excluding hydrogens is 653 g/mol. The molecular formula is C41H32O6S2. The van der Waals surface area contributed by atoms with Gasteiger partial charge in [0.1, 0.15) is 10.6 Å². The van der Waals surface area contributed by atoms with E-state index in [1.54, 1.807) is 0 Å². The Balaban J connectivity index is 1.47. The molecule has 8 heteroatoms. The van der Waals surface area contributed by atoms with E-state index in [2.05, 4.69) is 0 Å². The van der Waals surface area contributed by atoms with Crippen molar-refractivity contribution in [3.63, 3.8) is 0 Å². The molecule has 49 heavy (non-hydrogen) atoms. The zero-order valence-electron chi connectivity index (χ0n) is 26.5. The number of hydrogen-bond acceptors (Lipinski definition) is 5. The van der Waals surface area contributed by atoms with E-state index >= 15 is 8.42 Å². The molecule has 0 fully saturated rings. The van der Waals surface area contributed by atoms with Crippen LogP contribution in [0.1, 0.15) is 30.4 Å². The maximum atomic E-state index is 15.2. The maximum Gasteiger partial charge on any atom is 0.340 e. The van der Waals surface area contributed by atoms with Gasteiger partial charge in [0.05, 0.1) is 4.90 Å². The first-order chi connectivity index (χ1) is 23.7. The lowest BCUT2D eigenvalue weighted by Gasteiger charge is -2.22. The lowest BCUT2D eigenvalue weighted by atomic mass is 9.89. The molecule has 7 aromatic rings. The van der Waals surface area contributed by atoms with Crippen LogP contribution < -0.4 is 4.18 Å². The van der Waals surface area contributed by atoms with Gasteiger partial charge in [0.2, 0.25) is 0 Å². The molecule has 0 spiro atoms. The summed E-state index contributed by atoms with van der Waals surface area (Å²) in [7, 11) is -9.13. The molecule has 0 atom stereocenters. The predicted octanol–water partition coefficient (Wildman–Crippen LogP) is 9.76. The second-order valence-corrected chi connectivity index (χ2v) is 15.4. The van der Waals surface area contributed by atoms with Crippen LogP contribution in [0.25, 0.3) is 54.6 Å². The van der Waals surface area contributed by atoms with Crippen LogP contribution in [0.3, 0.4) is 0 Å². The fourth-order valence-corrected chi connectivity index (χ4v) is 9.58. The second kappa shape index (κ2) is 12.1. The Hall–Kier alpha value is -5.02. The van der Waals surface area contributed by atoms with E-state index < -0.39 is 20.2 Å². The smallest absolute Gasteiger partial charge is 0.340 e. The van der Waals surface area contributed by atoms with Crippen LogP contribution in [0, 0.1) is 0 Å². The summed E-state index contributed by atoms with van der Waals surface area (Å²) in [4.78, 5) is -0.173. The number of hydrogen-bond donors (Lipinski definition) is 1. The third kappa shape index (κ3) is 5.56. The third-order valence-electron chi connectivity index (χ3n) is 9.57. The van der Waals surface area contributed by atoms with Gasteiger partial charge in [0, 0.05) is 16.7 Å². The monoisotopic (exact) mass is 684 g/mol. The highest BCUT2D eigenvalue weighted by molar-refractivity contribution is 7.87. The number of fused-ring (bicyclic) bond motifs is 4. The van der Waals surface area contributed by atoms with E-state index in [-0.39, 0.29) is 15.5 Å². The normalized spacial score (nSPS) is 13.7. The van der Waals surface area contributed by atoms with Gasteiger partial charge in [-0.15, -0.1) is 0 Å². The van der Waals surface area contributed by atoms with E-state index in [4.69, 9.17) is 4.18 Å². The van der Waals surface area contributed by atoms with Crippen molar-refractivity contribution in [1.82, 2.24) is 0 Å². The van der Waals surface area contributed by atoms with Gasteiger partial charge >= 0.3 is 10.1 Å². The van der Waals surface area contributed by atoms with Gasteiger partial charge < -0.3 is 4.18 Å². The summed E-state index contributed by atoms with van der Waals surface area (Å²) < 4.78 is 71.3. The van der Waals surface area contributed by atoms with E-state index in [0.717, 1.165) is 56.3 Å². The van der Waals surface area contributed by atoms with Crippen molar-refractivity contribution in [2.45, 2.75) is 41.9 Å². The van der Waals surface area contributed by atoms with Gasteiger partial charge in [-0.2, -0.15) is 16.8 Å². The molecule has 0 heterocycles. The lowest BCUT2D eigenvalue weighted by Crippen LogP contribution is -2.16. The minimum Gasteiger partial charge on any atom is -0.379 e. The third-order valence-corrected chi connectivity index (χ3v) is 11.8. The molecule has 0 amide bonds. The highest BCUT2D eigenvalue weighted by Crippen LogP contribution is 2.46. The SMILES string of the molecule is O=S(=O)(O)c1ccc(OS(=O)(=O)c2c(-c3cccc4ccccc34)cc3ccccc3c2-c2cccc3ccccc23)c2c1CCCCC2. The van der Waals surface area contributed by atoms with E-state index in [1.807, 2.05) is 115 Å². The van der Waals surface area contributed by atoms with Crippen LogP contribution >= 0.6 is 0 Å². The molecule has 1 N–H and O–H groups in total. The second-order valence-electron chi connectivity index (χ2n) is 12.5. The Labute approximate surface area is 285 Å². The Morgan fingerprint density at radius 2 is 1.06 bits per heavy atom. The van der Waals surface area contributed by atoms with Crippen molar-refractivity contribution < 1.29 is 25.6 Å². The molecule has 6 nitrogen and oxygen atoms in total. The van der Waals surface area contributed by atoms with E-state index in [0.29, 0.717) is 41.5 Å². The molecule has 0 saturated carbocycles. The molecule has 1 aliphatic rings. The summed E-state index contributed by atoms with van der Waals surface area (Å²) in [6, 6.07) is 39.8. The molecule has 7 aromatic carbocycles. The summed E-state index contributed by atoms with van der Waals surface area (Å²) in [6.07, 6.45) is 3.10. The van der Waals surface area contributed by atoms with E-state index in [9.17, 15) is 13.0 Å². The highest BCUT2D eigenvalue weighted by Gasteiger charge is 2.32. The molecule has 0 aromatic heterocycles. The van der Waals surface area contributed by atoms with Crippen molar-refractivity contribution in [2.24, 2.45) is 0 Å². The minimum atomic E-state index is -4.61. The summed E-state index contributed by atoms with van der Waals surface area (Å²) in [6.45, 7) is 0. The molecule has 0 bridgehead atoms. The topological polar surface area (TPSA) is 97.7 Å². The lowest BCUT2D eigenvalue weighted by molar-refractivity contribution is 0.479. The van der Waals surface area contributed by atoms with Gasteiger partial charge in [-0.3, -0.25) is 4.55 Å². The maximum absolute atomic E-state index is 15.2. The first kappa shape index (κ1) is 31.3. The van der Waals surface area contributed by atoms with Crippen LogP contribution in [-0.2, 0) is 33.1 Å². The zero-order chi connectivity index (χ0) is 33.8. The summed E-state index contributed by atoms with van der Waals surface area (Å²) in [5.74, 6) is 0.0743. The zero-order valence-corrected chi connectivity index (χ0v) is 28.1. The van der Waals surface area contributed by atoms with Crippen LogP contribution in [0.2, 0.25) is 0 Å². The standard InChI is InChI=1S/C41H32O6S2/c42-48(43,44)39-25-24-38(34-20-2-1-3-21-35(34)39)47-49(45,46)41-37(33-22-10-15-27-12-4-7-17-30(27)33)26-29-14-6-9-19-32(29)40(41)36-23-11-16-28-13-5-8-18-31(28)36/h4-19,22-26H,1-3,20-21H2,(H,42,43,44). The minimum absolute atomic E-state index is 0.0279. The average Bonchev–Trinajstić information content (AvgIpc) is 3.36. The van der Waals surface area contributed by atoms with Gasteiger partial charge in [-0.25, -0.2) is 0 Å². The molecule has 244 valence electrons. The van der Waals surface area contributed by atoms with Crippen LogP contribution in [0.15, 0.2) is 137 Å².